The highest BCUT2D eigenvalue weighted by atomic mass is 32.1. The molecular formula is C21H32N4O4S. The first-order valence-electron chi connectivity index (χ1n) is 9.96. The average molecular weight is 437 g/mol. The Labute approximate surface area is 181 Å². The molecule has 1 heterocycles. The van der Waals surface area contributed by atoms with E-state index in [9.17, 15) is 19.2 Å². The van der Waals surface area contributed by atoms with Crippen molar-refractivity contribution in [2.45, 2.75) is 59.0 Å². The first-order chi connectivity index (χ1) is 14.1. The van der Waals surface area contributed by atoms with Crippen molar-refractivity contribution >= 4 is 35.0 Å². The Morgan fingerprint density at radius 2 is 1.90 bits per heavy atom. The molecule has 0 aliphatic rings. The van der Waals surface area contributed by atoms with Gasteiger partial charge in [-0.2, -0.15) is 0 Å². The van der Waals surface area contributed by atoms with Gasteiger partial charge in [0.25, 0.3) is 5.91 Å². The lowest BCUT2D eigenvalue weighted by molar-refractivity contribution is -0.127. The lowest BCUT2D eigenvalue weighted by atomic mass is 10.0. The zero-order valence-corrected chi connectivity index (χ0v) is 18.8. The van der Waals surface area contributed by atoms with Crippen molar-refractivity contribution in [3.8, 4) is 0 Å². The molecule has 166 valence electrons. The van der Waals surface area contributed by atoms with Gasteiger partial charge in [0, 0.05) is 12.5 Å². The number of rotatable bonds is 12. The number of primary amides is 1. The Balaban J connectivity index is 2.64. The van der Waals surface area contributed by atoms with E-state index in [-0.39, 0.29) is 36.7 Å². The molecule has 2 atom stereocenters. The molecule has 1 aromatic heterocycles. The van der Waals surface area contributed by atoms with Crippen LogP contribution in [0.4, 0.5) is 0 Å². The van der Waals surface area contributed by atoms with Crippen LogP contribution in [-0.2, 0) is 14.4 Å². The third kappa shape index (κ3) is 9.69. The molecule has 0 aliphatic carbocycles. The molecule has 0 radical (unpaired) electrons. The maximum atomic E-state index is 12.6. The largest absolute Gasteiger partial charge is 0.370 e. The summed E-state index contributed by atoms with van der Waals surface area (Å²) in [4.78, 5) is 48.7. The van der Waals surface area contributed by atoms with Crippen LogP contribution in [0.15, 0.2) is 23.6 Å². The van der Waals surface area contributed by atoms with E-state index >= 15 is 0 Å². The van der Waals surface area contributed by atoms with Gasteiger partial charge < -0.3 is 21.7 Å². The lowest BCUT2D eigenvalue weighted by Gasteiger charge is -2.20. The number of hydrogen-bond donors (Lipinski definition) is 4. The first kappa shape index (κ1) is 25.4. The molecule has 0 fully saturated rings. The van der Waals surface area contributed by atoms with Crippen LogP contribution < -0.4 is 21.7 Å². The smallest absolute Gasteiger partial charge is 0.262 e. The molecule has 0 saturated carbocycles. The van der Waals surface area contributed by atoms with Gasteiger partial charge in [0.1, 0.15) is 6.04 Å². The fraction of sp³-hybridized carbons (Fsp3) is 0.524. The highest BCUT2D eigenvalue weighted by Gasteiger charge is 2.23. The van der Waals surface area contributed by atoms with Gasteiger partial charge in [-0.3, -0.25) is 19.2 Å². The number of carbonyl (C=O) groups excluding carboxylic acids is 4. The van der Waals surface area contributed by atoms with Gasteiger partial charge in [-0.25, -0.2) is 0 Å². The van der Waals surface area contributed by atoms with Crippen molar-refractivity contribution in [3.63, 3.8) is 0 Å². The molecule has 5 N–H and O–H groups in total. The highest BCUT2D eigenvalue weighted by Crippen LogP contribution is 2.14. The van der Waals surface area contributed by atoms with Gasteiger partial charge in [0.2, 0.25) is 17.7 Å². The van der Waals surface area contributed by atoms with Crippen LogP contribution in [0.5, 0.6) is 0 Å². The average Bonchev–Trinajstić information content (AvgIpc) is 3.10. The molecule has 1 rings (SSSR count). The summed E-state index contributed by atoms with van der Waals surface area (Å²) in [7, 11) is 0. The molecule has 0 unspecified atom stereocenters. The van der Waals surface area contributed by atoms with Crippen LogP contribution in [0.25, 0.3) is 0 Å². The predicted octanol–water partition coefficient (Wildman–Crippen LogP) is 1.64. The van der Waals surface area contributed by atoms with Gasteiger partial charge >= 0.3 is 0 Å². The summed E-state index contributed by atoms with van der Waals surface area (Å²) in [6.45, 7) is 7.38. The summed E-state index contributed by atoms with van der Waals surface area (Å²) in [5, 5.41) is 9.96. The zero-order valence-electron chi connectivity index (χ0n) is 18.0. The van der Waals surface area contributed by atoms with E-state index in [4.69, 9.17) is 5.73 Å². The molecular weight excluding hydrogens is 404 g/mol. The van der Waals surface area contributed by atoms with Crippen LogP contribution in [0.3, 0.4) is 0 Å². The lowest BCUT2D eigenvalue weighted by Crippen LogP contribution is -2.50. The van der Waals surface area contributed by atoms with Crippen molar-refractivity contribution in [2.24, 2.45) is 11.7 Å². The summed E-state index contributed by atoms with van der Waals surface area (Å²) in [6.07, 6.45) is 4.50. The normalized spacial score (nSPS) is 13.1. The Hall–Kier alpha value is -2.68. The van der Waals surface area contributed by atoms with Crippen LogP contribution in [-0.4, -0.2) is 42.3 Å². The molecule has 1 aromatic rings. The number of aryl methyl sites for hydroxylation is 1. The Morgan fingerprint density at radius 3 is 2.43 bits per heavy atom. The summed E-state index contributed by atoms with van der Waals surface area (Å²) in [5.41, 5.74) is 6.14. The third-order valence-corrected chi connectivity index (χ3v) is 5.23. The molecule has 0 spiro atoms. The summed E-state index contributed by atoms with van der Waals surface area (Å²) in [5.74, 6) is -1.38. The SMILES string of the molecule is C/C=C/[C@H](CCC(N)=O)NC(=O)CNC(=O)[C@H](CC(C)C)NC(=O)c1cc(C)cs1. The summed E-state index contributed by atoms with van der Waals surface area (Å²) in [6, 6.07) is 0.680. The number of thiophene rings is 1. The Bertz CT molecular complexity index is 773. The van der Waals surface area contributed by atoms with E-state index in [0.717, 1.165) is 5.56 Å². The summed E-state index contributed by atoms with van der Waals surface area (Å²) >= 11 is 1.32. The van der Waals surface area contributed by atoms with Crippen LogP contribution in [0, 0.1) is 12.8 Å². The van der Waals surface area contributed by atoms with Crippen molar-refractivity contribution < 1.29 is 19.2 Å². The monoisotopic (exact) mass is 436 g/mol. The molecule has 0 bridgehead atoms. The third-order valence-electron chi connectivity index (χ3n) is 4.18. The second-order valence-electron chi connectivity index (χ2n) is 7.57. The van der Waals surface area contributed by atoms with E-state index < -0.39 is 17.9 Å². The minimum atomic E-state index is -0.742. The maximum absolute atomic E-state index is 12.6. The highest BCUT2D eigenvalue weighted by molar-refractivity contribution is 7.12. The van der Waals surface area contributed by atoms with Crippen molar-refractivity contribution in [1.82, 2.24) is 16.0 Å². The fourth-order valence-electron chi connectivity index (χ4n) is 2.78. The molecule has 0 saturated heterocycles. The van der Waals surface area contributed by atoms with Gasteiger partial charge in [-0.15, -0.1) is 11.3 Å². The second-order valence-corrected chi connectivity index (χ2v) is 8.48. The zero-order chi connectivity index (χ0) is 22.7. The Morgan fingerprint density at radius 1 is 1.20 bits per heavy atom. The fourth-order valence-corrected chi connectivity index (χ4v) is 3.58. The minimum absolute atomic E-state index is 0.145. The topological polar surface area (TPSA) is 130 Å². The quantitative estimate of drug-likeness (QED) is 0.371. The van der Waals surface area contributed by atoms with Gasteiger partial charge in [-0.1, -0.05) is 26.0 Å². The number of allylic oxidation sites excluding steroid dienone is 1. The molecule has 0 aromatic carbocycles. The predicted molar refractivity (Wildman–Crippen MR) is 118 cm³/mol. The van der Waals surface area contributed by atoms with Crippen molar-refractivity contribution in [3.05, 3.63) is 34.0 Å². The van der Waals surface area contributed by atoms with Gasteiger partial charge in [0.05, 0.1) is 11.4 Å². The number of carbonyl (C=O) groups is 4. The number of amides is 4. The maximum Gasteiger partial charge on any atom is 0.262 e. The first-order valence-corrected chi connectivity index (χ1v) is 10.8. The minimum Gasteiger partial charge on any atom is -0.370 e. The van der Waals surface area contributed by atoms with Crippen LogP contribution >= 0.6 is 11.3 Å². The molecule has 0 aliphatic heterocycles. The van der Waals surface area contributed by atoms with Crippen LogP contribution in [0.2, 0.25) is 0 Å². The Kier molecular flexibility index (Phi) is 10.8. The van der Waals surface area contributed by atoms with Crippen molar-refractivity contribution in [2.75, 3.05) is 6.54 Å². The van der Waals surface area contributed by atoms with Gasteiger partial charge in [-0.05, 0) is 49.6 Å². The summed E-state index contributed by atoms with van der Waals surface area (Å²) < 4.78 is 0. The number of hydrogen-bond acceptors (Lipinski definition) is 5. The van der Waals surface area contributed by atoms with Crippen LogP contribution in [0.1, 0.15) is 55.3 Å². The van der Waals surface area contributed by atoms with E-state index in [0.29, 0.717) is 17.7 Å². The van der Waals surface area contributed by atoms with E-state index in [1.54, 1.807) is 25.1 Å². The van der Waals surface area contributed by atoms with Gasteiger partial charge in [0.15, 0.2) is 0 Å². The number of nitrogens with one attached hydrogen (secondary N) is 3. The second kappa shape index (κ2) is 12.8. The van der Waals surface area contributed by atoms with E-state index in [2.05, 4.69) is 16.0 Å². The van der Waals surface area contributed by atoms with E-state index in [1.165, 1.54) is 11.3 Å². The van der Waals surface area contributed by atoms with E-state index in [1.807, 2.05) is 26.2 Å². The molecule has 30 heavy (non-hydrogen) atoms. The number of nitrogens with two attached hydrogens (primary N) is 1. The molecule has 4 amide bonds. The standard InChI is InChI=1S/C21H32N4O4S/c1-5-6-15(7-8-18(22)26)24-19(27)11-23-20(28)16(9-13(2)3)25-21(29)17-10-14(4)12-30-17/h5-6,10,12-13,15-16H,7-9,11H2,1-4H3,(H2,22,26)(H,23,28)(H,24,27)(H,25,29)/b6-5+/t15-,16+/m1/s1. The molecule has 8 nitrogen and oxygen atoms in total. The van der Waals surface area contributed by atoms with Crippen molar-refractivity contribution in [1.29, 1.82) is 0 Å². The molecule has 9 heteroatoms.